The van der Waals surface area contributed by atoms with Crippen LogP contribution in [0, 0.1) is 5.92 Å². The Labute approximate surface area is 126 Å². The standard InChI is InChI=1S/C14H19Br2NO/c1-2-6-17-14(10-5-7-18-9-10)12-8-11(15)3-4-13(12)16/h3-4,8,10,14,17H,2,5-7,9H2,1H3. The molecule has 1 aromatic rings. The van der Waals surface area contributed by atoms with Crippen LogP contribution in [0.25, 0.3) is 0 Å². The first-order chi connectivity index (χ1) is 8.72. The van der Waals surface area contributed by atoms with Crippen molar-refractivity contribution in [2.75, 3.05) is 19.8 Å². The Balaban J connectivity index is 2.23. The van der Waals surface area contributed by atoms with E-state index in [-0.39, 0.29) is 0 Å². The van der Waals surface area contributed by atoms with Gasteiger partial charge >= 0.3 is 0 Å². The van der Waals surface area contributed by atoms with Crippen LogP contribution in [0.3, 0.4) is 0 Å². The zero-order valence-electron chi connectivity index (χ0n) is 10.6. The van der Waals surface area contributed by atoms with E-state index in [4.69, 9.17) is 4.74 Å². The molecule has 0 aliphatic carbocycles. The largest absolute Gasteiger partial charge is 0.381 e. The van der Waals surface area contributed by atoms with Crippen LogP contribution in [0.1, 0.15) is 31.4 Å². The molecule has 0 spiro atoms. The zero-order chi connectivity index (χ0) is 13.0. The lowest BCUT2D eigenvalue weighted by Gasteiger charge is -2.25. The van der Waals surface area contributed by atoms with E-state index in [1.807, 2.05) is 0 Å². The Hall–Kier alpha value is 0.1000. The molecule has 1 fully saturated rings. The first-order valence-corrected chi connectivity index (χ1v) is 8.07. The van der Waals surface area contributed by atoms with Crippen molar-refractivity contribution in [3.63, 3.8) is 0 Å². The lowest BCUT2D eigenvalue weighted by molar-refractivity contribution is 0.176. The van der Waals surface area contributed by atoms with Gasteiger partial charge in [-0.15, -0.1) is 0 Å². The lowest BCUT2D eigenvalue weighted by atomic mass is 9.92. The number of ether oxygens (including phenoxy) is 1. The molecule has 0 bridgehead atoms. The second kappa shape index (κ2) is 7.04. The molecule has 1 heterocycles. The number of nitrogens with one attached hydrogen (secondary N) is 1. The molecular weight excluding hydrogens is 358 g/mol. The van der Waals surface area contributed by atoms with Gasteiger partial charge in [-0.25, -0.2) is 0 Å². The SMILES string of the molecule is CCCNC(c1cc(Br)ccc1Br)C1CCOC1. The van der Waals surface area contributed by atoms with Crippen LogP contribution in [0.5, 0.6) is 0 Å². The number of hydrogen-bond donors (Lipinski definition) is 1. The van der Waals surface area contributed by atoms with Crippen LogP contribution in [-0.2, 0) is 4.74 Å². The third kappa shape index (κ3) is 3.56. The van der Waals surface area contributed by atoms with Gasteiger partial charge < -0.3 is 10.1 Å². The molecule has 1 aliphatic rings. The average molecular weight is 377 g/mol. The highest BCUT2D eigenvalue weighted by molar-refractivity contribution is 9.11. The van der Waals surface area contributed by atoms with Crippen LogP contribution < -0.4 is 5.32 Å². The van der Waals surface area contributed by atoms with Gasteiger partial charge in [0.25, 0.3) is 0 Å². The minimum Gasteiger partial charge on any atom is -0.381 e. The molecule has 2 rings (SSSR count). The summed E-state index contributed by atoms with van der Waals surface area (Å²) in [6, 6.07) is 6.75. The third-order valence-corrected chi connectivity index (χ3v) is 4.56. The van der Waals surface area contributed by atoms with Gasteiger partial charge in [0.2, 0.25) is 0 Å². The summed E-state index contributed by atoms with van der Waals surface area (Å²) in [4.78, 5) is 0. The van der Waals surface area contributed by atoms with Crippen LogP contribution in [0.2, 0.25) is 0 Å². The van der Waals surface area contributed by atoms with E-state index in [1.165, 1.54) is 10.0 Å². The molecule has 0 aromatic heterocycles. The van der Waals surface area contributed by atoms with Gasteiger partial charge in [0, 0.05) is 27.5 Å². The number of hydrogen-bond acceptors (Lipinski definition) is 2. The number of rotatable bonds is 5. The van der Waals surface area contributed by atoms with Gasteiger partial charge in [-0.3, -0.25) is 0 Å². The molecule has 1 saturated heterocycles. The minimum absolute atomic E-state index is 0.374. The molecule has 1 aromatic carbocycles. The van der Waals surface area contributed by atoms with Gasteiger partial charge in [-0.1, -0.05) is 38.8 Å². The molecule has 18 heavy (non-hydrogen) atoms. The predicted octanol–water partition coefficient (Wildman–Crippen LogP) is 4.29. The summed E-state index contributed by atoms with van der Waals surface area (Å²) in [6.07, 6.45) is 2.29. The third-order valence-electron chi connectivity index (χ3n) is 3.34. The van der Waals surface area contributed by atoms with Crippen molar-refractivity contribution in [2.45, 2.75) is 25.8 Å². The second-order valence-electron chi connectivity index (χ2n) is 4.72. The van der Waals surface area contributed by atoms with Crippen LogP contribution in [-0.4, -0.2) is 19.8 Å². The fourth-order valence-corrected chi connectivity index (χ4v) is 3.27. The average Bonchev–Trinajstić information content (AvgIpc) is 2.88. The molecule has 4 heteroatoms. The summed E-state index contributed by atoms with van der Waals surface area (Å²) in [6.45, 7) is 4.99. The number of halogens is 2. The Kier molecular flexibility index (Phi) is 5.67. The van der Waals surface area contributed by atoms with Crippen molar-refractivity contribution in [3.8, 4) is 0 Å². The molecule has 2 nitrogen and oxygen atoms in total. The van der Waals surface area contributed by atoms with E-state index in [2.05, 4.69) is 62.3 Å². The maximum Gasteiger partial charge on any atom is 0.0513 e. The number of benzene rings is 1. The Morgan fingerprint density at radius 3 is 2.94 bits per heavy atom. The van der Waals surface area contributed by atoms with Crippen molar-refractivity contribution in [2.24, 2.45) is 5.92 Å². The Bertz CT molecular complexity index is 391. The van der Waals surface area contributed by atoms with E-state index >= 15 is 0 Å². The molecule has 0 amide bonds. The van der Waals surface area contributed by atoms with Gasteiger partial charge in [0.05, 0.1) is 6.61 Å². The van der Waals surface area contributed by atoms with Gasteiger partial charge in [-0.05, 0) is 43.1 Å². The highest BCUT2D eigenvalue weighted by Crippen LogP contribution is 2.34. The normalized spacial score (nSPS) is 21.2. The van der Waals surface area contributed by atoms with Crippen molar-refractivity contribution < 1.29 is 4.74 Å². The lowest BCUT2D eigenvalue weighted by Crippen LogP contribution is -2.29. The maximum atomic E-state index is 5.54. The molecule has 1 aliphatic heterocycles. The van der Waals surface area contributed by atoms with E-state index in [0.717, 1.165) is 37.1 Å². The predicted molar refractivity (Wildman–Crippen MR) is 81.8 cm³/mol. The maximum absolute atomic E-state index is 5.54. The van der Waals surface area contributed by atoms with Crippen LogP contribution >= 0.6 is 31.9 Å². The summed E-state index contributed by atoms with van der Waals surface area (Å²) in [7, 11) is 0. The summed E-state index contributed by atoms with van der Waals surface area (Å²) in [5, 5.41) is 3.66. The fraction of sp³-hybridized carbons (Fsp3) is 0.571. The fourth-order valence-electron chi connectivity index (χ4n) is 2.40. The highest BCUT2D eigenvalue weighted by Gasteiger charge is 2.27. The van der Waals surface area contributed by atoms with Gasteiger partial charge in [0.15, 0.2) is 0 Å². The van der Waals surface area contributed by atoms with E-state index in [9.17, 15) is 0 Å². The van der Waals surface area contributed by atoms with Gasteiger partial charge in [-0.2, -0.15) is 0 Å². The molecule has 2 atom stereocenters. The summed E-state index contributed by atoms with van der Waals surface area (Å²) in [5.41, 5.74) is 1.33. The summed E-state index contributed by atoms with van der Waals surface area (Å²) < 4.78 is 7.84. The Morgan fingerprint density at radius 1 is 1.44 bits per heavy atom. The molecule has 1 N–H and O–H groups in total. The zero-order valence-corrected chi connectivity index (χ0v) is 13.8. The van der Waals surface area contributed by atoms with Crippen LogP contribution in [0.15, 0.2) is 27.1 Å². The quantitative estimate of drug-likeness (QED) is 0.827. The Morgan fingerprint density at radius 2 is 2.28 bits per heavy atom. The second-order valence-corrected chi connectivity index (χ2v) is 6.49. The highest BCUT2D eigenvalue weighted by atomic mass is 79.9. The van der Waals surface area contributed by atoms with E-state index in [0.29, 0.717) is 12.0 Å². The molecular formula is C14H19Br2NO. The van der Waals surface area contributed by atoms with Gasteiger partial charge in [0.1, 0.15) is 0 Å². The summed E-state index contributed by atoms with van der Waals surface area (Å²) in [5.74, 6) is 0.571. The molecule has 0 radical (unpaired) electrons. The monoisotopic (exact) mass is 375 g/mol. The smallest absolute Gasteiger partial charge is 0.0513 e. The van der Waals surface area contributed by atoms with Crippen molar-refractivity contribution in [1.82, 2.24) is 5.32 Å². The van der Waals surface area contributed by atoms with Crippen molar-refractivity contribution in [1.29, 1.82) is 0 Å². The first kappa shape index (κ1) is 14.5. The molecule has 2 unspecified atom stereocenters. The van der Waals surface area contributed by atoms with Crippen LogP contribution in [0.4, 0.5) is 0 Å². The topological polar surface area (TPSA) is 21.3 Å². The molecule has 100 valence electrons. The summed E-state index contributed by atoms with van der Waals surface area (Å²) >= 11 is 7.23. The van der Waals surface area contributed by atoms with E-state index < -0.39 is 0 Å². The molecule has 0 saturated carbocycles. The minimum atomic E-state index is 0.374. The van der Waals surface area contributed by atoms with E-state index in [1.54, 1.807) is 0 Å². The van der Waals surface area contributed by atoms with Crippen molar-refractivity contribution in [3.05, 3.63) is 32.7 Å². The first-order valence-electron chi connectivity index (χ1n) is 6.48. The van der Waals surface area contributed by atoms with Crippen molar-refractivity contribution >= 4 is 31.9 Å².